The van der Waals surface area contributed by atoms with E-state index in [2.05, 4.69) is 4.98 Å². The van der Waals surface area contributed by atoms with Gasteiger partial charge in [0.05, 0.1) is 31.7 Å². The van der Waals surface area contributed by atoms with E-state index in [1.165, 1.54) is 9.13 Å². The molecule has 0 saturated carbocycles. The van der Waals surface area contributed by atoms with Gasteiger partial charge in [-0.15, -0.1) is 0 Å². The Kier molecular flexibility index (Phi) is 4.86. The second kappa shape index (κ2) is 6.90. The molecule has 132 valence electrons. The third kappa shape index (κ3) is 3.16. The quantitative estimate of drug-likeness (QED) is 0.739. The third-order valence-electron chi connectivity index (χ3n) is 4.49. The first kappa shape index (κ1) is 16.9. The highest BCUT2D eigenvalue weighted by molar-refractivity contribution is 5.69. The van der Waals surface area contributed by atoms with Gasteiger partial charge in [-0.1, -0.05) is 0 Å². The molecule has 0 amide bonds. The van der Waals surface area contributed by atoms with Gasteiger partial charge in [0.1, 0.15) is 0 Å². The summed E-state index contributed by atoms with van der Waals surface area (Å²) in [6.07, 6.45) is 4.32. The van der Waals surface area contributed by atoms with Crippen molar-refractivity contribution in [1.82, 2.24) is 18.7 Å². The molecular formula is C16H24N4O4. The smallest absolute Gasteiger partial charge is 0.332 e. The number of ether oxygens (including phenoxy) is 2. The molecule has 0 spiro atoms. The van der Waals surface area contributed by atoms with Crippen LogP contribution in [0.4, 0.5) is 0 Å². The standard InChI is InChI=1S/C16H24N4O4/c1-11-8-24-12(9-23-11)6-4-5-7-20-15(21)13-14(17-10-18(13)2)19(3)16(20)22/h10-12H,4-9H2,1-3H3. The summed E-state index contributed by atoms with van der Waals surface area (Å²) in [6, 6.07) is 0. The molecule has 8 heteroatoms. The average molecular weight is 336 g/mol. The van der Waals surface area contributed by atoms with E-state index in [0.717, 1.165) is 19.3 Å². The fraction of sp³-hybridized carbons (Fsp3) is 0.688. The van der Waals surface area contributed by atoms with Gasteiger partial charge >= 0.3 is 5.69 Å². The number of rotatable bonds is 5. The molecule has 2 aromatic rings. The van der Waals surface area contributed by atoms with Gasteiger partial charge in [0.15, 0.2) is 11.2 Å². The molecular weight excluding hydrogens is 312 g/mol. The minimum atomic E-state index is -0.322. The van der Waals surface area contributed by atoms with Crippen LogP contribution in [-0.4, -0.2) is 44.1 Å². The molecule has 0 N–H and O–H groups in total. The lowest BCUT2D eigenvalue weighted by Crippen LogP contribution is -2.39. The Balaban J connectivity index is 1.66. The van der Waals surface area contributed by atoms with Crippen molar-refractivity contribution in [3.05, 3.63) is 27.2 Å². The molecule has 2 unspecified atom stereocenters. The normalized spacial score (nSPS) is 21.5. The van der Waals surface area contributed by atoms with Crippen molar-refractivity contribution in [3.63, 3.8) is 0 Å². The predicted octanol–water partition coefficient (Wildman–Crippen LogP) is 0.408. The summed E-state index contributed by atoms with van der Waals surface area (Å²) < 4.78 is 15.6. The Hall–Kier alpha value is -1.93. The summed E-state index contributed by atoms with van der Waals surface area (Å²) in [7, 11) is 3.40. The van der Waals surface area contributed by atoms with E-state index < -0.39 is 0 Å². The zero-order valence-electron chi connectivity index (χ0n) is 14.4. The molecule has 3 heterocycles. The molecule has 0 aromatic carbocycles. The largest absolute Gasteiger partial charge is 0.373 e. The molecule has 1 aliphatic rings. The average Bonchev–Trinajstić information content (AvgIpc) is 2.96. The molecule has 0 aliphatic carbocycles. The minimum absolute atomic E-state index is 0.111. The molecule has 3 rings (SSSR count). The second-order valence-corrected chi connectivity index (χ2v) is 6.42. The summed E-state index contributed by atoms with van der Waals surface area (Å²) in [5.74, 6) is 0. The summed E-state index contributed by atoms with van der Waals surface area (Å²) in [6.45, 7) is 3.63. The molecule has 1 saturated heterocycles. The summed E-state index contributed by atoms with van der Waals surface area (Å²) >= 11 is 0. The van der Waals surface area contributed by atoms with E-state index in [1.807, 2.05) is 6.92 Å². The number of nitrogens with zero attached hydrogens (tertiary/aromatic N) is 4. The number of fused-ring (bicyclic) bond motifs is 1. The number of unbranched alkanes of at least 4 members (excludes halogenated alkanes) is 1. The molecule has 0 radical (unpaired) electrons. The van der Waals surface area contributed by atoms with Crippen molar-refractivity contribution in [2.24, 2.45) is 14.1 Å². The van der Waals surface area contributed by atoms with Gasteiger partial charge in [0.25, 0.3) is 5.56 Å². The fourth-order valence-corrected chi connectivity index (χ4v) is 3.04. The van der Waals surface area contributed by atoms with Crippen molar-refractivity contribution in [3.8, 4) is 0 Å². The van der Waals surface area contributed by atoms with Gasteiger partial charge in [-0.05, 0) is 26.2 Å². The predicted molar refractivity (Wildman–Crippen MR) is 89.2 cm³/mol. The van der Waals surface area contributed by atoms with Gasteiger partial charge in [-0.2, -0.15) is 0 Å². The molecule has 1 aliphatic heterocycles. The number of aromatic nitrogens is 4. The van der Waals surface area contributed by atoms with Gasteiger partial charge in [0.2, 0.25) is 0 Å². The topological polar surface area (TPSA) is 80.3 Å². The Morgan fingerprint density at radius 3 is 2.71 bits per heavy atom. The van der Waals surface area contributed by atoms with E-state index >= 15 is 0 Å². The van der Waals surface area contributed by atoms with Crippen molar-refractivity contribution in [1.29, 1.82) is 0 Å². The highest BCUT2D eigenvalue weighted by Crippen LogP contribution is 2.13. The lowest BCUT2D eigenvalue weighted by atomic mass is 10.1. The molecule has 24 heavy (non-hydrogen) atoms. The van der Waals surface area contributed by atoms with Gasteiger partial charge in [-0.3, -0.25) is 13.9 Å². The highest BCUT2D eigenvalue weighted by Gasteiger charge is 2.19. The van der Waals surface area contributed by atoms with E-state index in [-0.39, 0.29) is 23.5 Å². The zero-order valence-corrected chi connectivity index (χ0v) is 14.4. The maximum atomic E-state index is 12.6. The van der Waals surface area contributed by atoms with Crippen LogP contribution in [0.3, 0.4) is 0 Å². The summed E-state index contributed by atoms with van der Waals surface area (Å²) in [5.41, 5.74) is 0.275. The summed E-state index contributed by atoms with van der Waals surface area (Å²) in [4.78, 5) is 29.1. The third-order valence-corrected chi connectivity index (χ3v) is 4.49. The van der Waals surface area contributed by atoms with E-state index in [1.54, 1.807) is 25.0 Å². The lowest BCUT2D eigenvalue weighted by Gasteiger charge is -2.27. The van der Waals surface area contributed by atoms with Gasteiger partial charge in [-0.25, -0.2) is 9.78 Å². The van der Waals surface area contributed by atoms with E-state index in [4.69, 9.17) is 9.47 Å². The molecule has 2 atom stereocenters. The Bertz CT molecular complexity index is 827. The lowest BCUT2D eigenvalue weighted by molar-refractivity contribution is -0.128. The van der Waals surface area contributed by atoms with Crippen LogP contribution in [0, 0.1) is 0 Å². The number of imidazole rings is 1. The highest BCUT2D eigenvalue weighted by atomic mass is 16.6. The Morgan fingerprint density at radius 2 is 2.00 bits per heavy atom. The van der Waals surface area contributed by atoms with Crippen molar-refractivity contribution >= 4 is 11.2 Å². The number of hydrogen-bond donors (Lipinski definition) is 0. The number of hydrogen-bond acceptors (Lipinski definition) is 5. The van der Waals surface area contributed by atoms with Crippen LogP contribution in [0.25, 0.3) is 11.2 Å². The maximum Gasteiger partial charge on any atom is 0.332 e. The first-order chi connectivity index (χ1) is 11.5. The van der Waals surface area contributed by atoms with Crippen LogP contribution in [0.1, 0.15) is 26.2 Å². The first-order valence-electron chi connectivity index (χ1n) is 8.33. The Morgan fingerprint density at radius 1 is 1.21 bits per heavy atom. The van der Waals surface area contributed by atoms with Crippen LogP contribution >= 0.6 is 0 Å². The molecule has 1 fully saturated rings. The molecule has 2 aromatic heterocycles. The number of aryl methyl sites for hydroxylation is 2. The van der Waals surface area contributed by atoms with E-state index in [0.29, 0.717) is 30.9 Å². The van der Waals surface area contributed by atoms with Crippen molar-refractivity contribution in [2.45, 2.75) is 44.9 Å². The van der Waals surface area contributed by atoms with Crippen LogP contribution in [0.5, 0.6) is 0 Å². The SMILES string of the molecule is CC1COC(CCCCn2c(=O)c3c(ncn3C)n(C)c2=O)CO1. The van der Waals surface area contributed by atoms with Crippen LogP contribution in [0.2, 0.25) is 0 Å². The zero-order chi connectivity index (χ0) is 17.3. The Labute approximate surface area is 139 Å². The van der Waals surface area contributed by atoms with Crippen LogP contribution < -0.4 is 11.2 Å². The first-order valence-corrected chi connectivity index (χ1v) is 8.33. The molecule has 0 bridgehead atoms. The fourth-order valence-electron chi connectivity index (χ4n) is 3.04. The van der Waals surface area contributed by atoms with Crippen LogP contribution in [-0.2, 0) is 30.1 Å². The molecule has 8 nitrogen and oxygen atoms in total. The van der Waals surface area contributed by atoms with Crippen LogP contribution in [0.15, 0.2) is 15.9 Å². The maximum absolute atomic E-state index is 12.6. The van der Waals surface area contributed by atoms with Gasteiger partial charge < -0.3 is 14.0 Å². The second-order valence-electron chi connectivity index (χ2n) is 6.42. The minimum Gasteiger partial charge on any atom is -0.373 e. The monoisotopic (exact) mass is 336 g/mol. The van der Waals surface area contributed by atoms with Gasteiger partial charge in [0, 0.05) is 20.6 Å². The van der Waals surface area contributed by atoms with Crippen molar-refractivity contribution in [2.75, 3.05) is 13.2 Å². The summed E-state index contributed by atoms with van der Waals surface area (Å²) in [5, 5.41) is 0. The van der Waals surface area contributed by atoms with E-state index in [9.17, 15) is 9.59 Å². The van der Waals surface area contributed by atoms with Crippen molar-refractivity contribution < 1.29 is 9.47 Å².